The van der Waals surface area contributed by atoms with Crippen molar-refractivity contribution >= 4 is 5.91 Å². The zero-order chi connectivity index (χ0) is 16.8. The van der Waals surface area contributed by atoms with Gasteiger partial charge in [0.05, 0.1) is 12.1 Å². The Balaban J connectivity index is 1.66. The lowest BCUT2D eigenvalue weighted by Crippen LogP contribution is -2.38. The van der Waals surface area contributed by atoms with Gasteiger partial charge in [0.1, 0.15) is 0 Å². The standard InChI is InChI=1S/C22H18N2O/c25-21-14-20(15-8-2-1-3-9-15)24(23-21)22-18-12-6-4-10-16(18)17-11-5-7-13-19(17)22/h1-13,20,22H,14H2,(H,23,25)/t20-/m0/s1. The van der Waals surface area contributed by atoms with Gasteiger partial charge in [-0.2, -0.15) is 0 Å². The Bertz CT molecular complexity index is 906. The second-order valence-electron chi connectivity index (χ2n) is 6.65. The molecule has 0 unspecified atom stereocenters. The van der Waals surface area contributed by atoms with E-state index in [9.17, 15) is 4.79 Å². The summed E-state index contributed by atoms with van der Waals surface area (Å²) in [4.78, 5) is 12.3. The van der Waals surface area contributed by atoms with E-state index < -0.39 is 0 Å². The molecule has 0 bridgehead atoms. The Hall–Kier alpha value is -2.91. The highest BCUT2D eigenvalue weighted by atomic mass is 16.2. The van der Waals surface area contributed by atoms with E-state index in [2.05, 4.69) is 71.1 Å². The van der Waals surface area contributed by atoms with E-state index >= 15 is 0 Å². The van der Waals surface area contributed by atoms with Gasteiger partial charge >= 0.3 is 0 Å². The summed E-state index contributed by atoms with van der Waals surface area (Å²) in [6.45, 7) is 0. The van der Waals surface area contributed by atoms with Crippen molar-refractivity contribution in [2.45, 2.75) is 18.5 Å². The number of rotatable bonds is 2. The molecule has 25 heavy (non-hydrogen) atoms. The number of hydrogen-bond acceptors (Lipinski definition) is 2. The highest BCUT2D eigenvalue weighted by Crippen LogP contribution is 2.49. The van der Waals surface area contributed by atoms with Crippen LogP contribution in [0.5, 0.6) is 0 Å². The average Bonchev–Trinajstić information content (AvgIpc) is 3.20. The average molecular weight is 326 g/mol. The van der Waals surface area contributed by atoms with E-state index in [1.165, 1.54) is 27.8 Å². The second-order valence-corrected chi connectivity index (χ2v) is 6.65. The number of amides is 1. The van der Waals surface area contributed by atoms with Crippen molar-refractivity contribution in [3.63, 3.8) is 0 Å². The van der Waals surface area contributed by atoms with Crippen molar-refractivity contribution in [3.05, 3.63) is 95.6 Å². The largest absolute Gasteiger partial charge is 0.287 e. The number of hydrazine groups is 1. The van der Waals surface area contributed by atoms with Crippen LogP contribution in [0.25, 0.3) is 11.1 Å². The lowest BCUT2D eigenvalue weighted by atomic mass is 9.99. The Kier molecular flexibility index (Phi) is 3.22. The van der Waals surface area contributed by atoms with Crippen molar-refractivity contribution in [1.29, 1.82) is 0 Å². The predicted molar refractivity (Wildman–Crippen MR) is 97.5 cm³/mol. The summed E-state index contributed by atoms with van der Waals surface area (Å²) in [5, 5.41) is 2.14. The molecular formula is C22H18N2O. The van der Waals surface area contributed by atoms with Gasteiger partial charge in [0.2, 0.25) is 5.91 Å². The normalized spacial score (nSPS) is 19.5. The molecule has 0 radical (unpaired) electrons. The Morgan fingerprint density at radius 1 is 0.760 bits per heavy atom. The first kappa shape index (κ1) is 14.4. The summed E-state index contributed by atoms with van der Waals surface area (Å²) in [6.07, 6.45) is 0.491. The predicted octanol–water partition coefficient (Wildman–Crippen LogP) is 4.23. The Morgan fingerprint density at radius 3 is 1.96 bits per heavy atom. The van der Waals surface area contributed by atoms with Crippen LogP contribution in [0.4, 0.5) is 0 Å². The summed E-state index contributed by atoms with van der Waals surface area (Å²) >= 11 is 0. The third-order valence-corrected chi connectivity index (χ3v) is 5.23. The van der Waals surface area contributed by atoms with Crippen LogP contribution in [-0.4, -0.2) is 10.9 Å². The molecule has 1 N–H and O–H groups in total. The third kappa shape index (κ3) is 2.20. The van der Waals surface area contributed by atoms with E-state index in [1.807, 2.05) is 18.2 Å². The monoisotopic (exact) mass is 326 g/mol. The molecule has 0 spiro atoms. The Morgan fingerprint density at radius 2 is 1.32 bits per heavy atom. The molecular weight excluding hydrogens is 308 g/mol. The van der Waals surface area contributed by atoms with Gasteiger partial charge in [0.15, 0.2) is 0 Å². The smallest absolute Gasteiger partial charge is 0.236 e. The SMILES string of the molecule is O=C1C[C@@H](c2ccccc2)N(C2c3ccccc3-c3ccccc32)N1. The van der Waals surface area contributed by atoms with Crippen LogP contribution in [0, 0.1) is 0 Å². The van der Waals surface area contributed by atoms with Crippen LogP contribution >= 0.6 is 0 Å². The van der Waals surface area contributed by atoms with E-state index in [1.54, 1.807) is 0 Å². The van der Waals surface area contributed by atoms with Crippen LogP contribution in [-0.2, 0) is 4.79 Å². The molecule has 1 aliphatic heterocycles. The second kappa shape index (κ2) is 5.57. The van der Waals surface area contributed by atoms with Crippen molar-refractivity contribution in [2.24, 2.45) is 0 Å². The number of nitrogens with one attached hydrogen (secondary N) is 1. The molecule has 0 saturated carbocycles. The van der Waals surface area contributed by atoms with Gasteiger partial charge in [-0.25, -0.2) is 5.01 Å². The quantitative estimate of drug-likeness (QED) is 0.764. The summed E-state index contributed by atoms with van der Waals surface area (Å²) < 4.78 is 0. The fourth-order valence-electron chi connectivity index (χ4n) is 4.17. The van der Waals surface area contributed by atoms with E-state index in [0.29, 0.717) is 6.42 Å². The molecule has 3 aromatic carbocycles. The molecule has 5 rings (SSSR count). The molecule has 3 heteroatoms. The van der Waals surface area contributed by atoms with Crippen LogP contribution in [0.3, 0.4) is 0 Å². The number of carbonyl (C=O) groups is 1. The van der Waals surface area contributed by atoms with Crippen LogP contribution in [0.15, 0.2) is 78.9 Å². The molecule has 1 heterocycles. The first-order chi connectivity index (χ1) is 12.3. The van der Waals surface area contributed by atoms with Gasteiger partial charge in [-0.1, -0.05) is 78.9 Å². The molecule has 2 aliphatic rings. The van der Waals surface area contributed by atoms with Crippen molar-refractivity contribution in [3.8, 4) is 11.1 Å². The van der Waals surface area contributed by atoms with Gasteiger partial charge in [-0.05, 0) is 27.8 Å². The highest BCUT2D eigenvalue weighted by molar-refractivity contribution is 5.81. The van der Waals surface area contributed by atoms with Gasteiger partial charge < -0.3 is 0 Å². The number of carbonyl (C=O) groups excluding carboxylic acids is 1. The third-order valence-electron chi connectivity index (χ3n) is 5.23. The summed E-state index contributed by atoms with van der Waals surface area (Å²) in [5.74, 6) is 0.0794. The molecule has 1 aliphatic carbocycles. The van der Waals surface area contributed by atoms with E-state index in [-0.39, 0.29) is 18.0 Å². The van der Waals surface area contributed by atoms with E-state index in [4.69, 9.17) is 0 Å². The maximum absolute atomic E-state index is 12.3. The van der Waals surface area contributed by atoms with Crippen LogP contribution in [0.2, 0.25) is 0 Å². The van der Waals surface area contributed by atoms with Crippen molar-refractivity contribution < 1.29 is 4.79 Å². The minimum atomic E-state index is 0.0397. The number of fused-ring (bicyclic) bond motifs is 3. The number of nitrogens with zero attached hydrogens (tertiary/aromatic N) is 1. The maximum atomic E-state index is 12.3. The zero-order valence-electron chi connectivity index (χ0n) is 13.7. The molecule has 1 atom stereocenters. The topological polar surface area (TPSA) is 32.3 Å². The van der Waals surface area contributed by atoms with Crippen molar-refractivity contribution in [2.75, 3.05) is 0 Å². The lowest BCUT2D eigenvalue weighted by Gasteiger charge is -2.31. The summed E-state index contributed by atoms with van der Waals surface area (Å²) in [5.41, 5.74) is 9.32. The van der Waals surface area contributed by atoms with Gasteiger partial charge in [0.25, 0.3) is 0 Å². The number of hydrogen-bond donors (Lipinski definition) is 1. The molecule has 3 aromatic rings. The summed E-state index contributed by atoms with van der Waals surface area (Å²) in [7, 11) is 0. The highest BCUT2D eigenvalue weighted by Gasteiger charge is 2.41. The number of benzene rings is 3. The molecule has 0 aromatic heterocycles. The van der Waals surface area contributed by atoms with Crippen LogP contribution < -0.4 is 5.43 Å². The minimum Gasteiger partial charge on any atom is -0.287 e. The first-order valence-corrected chi connectivity index (χ1v) is 8.64. The van der Waals surface area contributed by atoms with Crippen molar-refractivity contribution in [1.82, 2.24) is 10.4 Å². The van der Waals surface area contributed by atoms with Gasteiger partial charge in [-0.3, -0.25) is 10.2 Å². The minimum absolute atomic E-state index is 0.0397. The molecule has 1 amide bonds. The maximum Gasteiger partial charge on any atom is 0.236 e. The van der Waals surface area contributed by atoms with E-state index in [0.717, 1.165) is 0 Å². The zero-order valence-corrected chi connectivity index (χ0v) is 13.7. The molecule has 3 nitrogen and oxygen atoms in total. The first-order valence-electron chi connectivity index (χ1n) is 8.64. The van der Waals surface area contributed by atoms with Gasteiger partial charge in [-0.15, -0.1) is 0 Å². The molecule has 1 saturated heterocycles. The van der Waals surface area contributed by atoms with Crippen LogP contribution in [0.1, 0.15) is 35.2 Å². The van der Waals surface area contributed by atoms with Gasteiger partial charge in [0, 0.05) is 6.42 Å². The lowest BCUT2D eigenvalue weighted by molar-refractivity contribution is -0.121. The molecule has 122 valence electrons. The Labute approximate surface area is 146 Å². The fourth-order valence-corrected chi connectivity index (χ4v) is 4.17. The molecule has 1 fully saturated rings. The fraction of sp³-hybridized carbons (Fsp3) is 0.136. The summed E-state index contributed by atoms with van der Waals surface area (Å²) in [6, 6.07) is 27.4.